The molecular formula is C14H18O5S2. The van der Waals surface area contributed by atoms with Crippen molar-refractivity contribution in [2.75, 3.05) is 12.0 Å². The predicted molar refractivity (Wildman–Crippen MR) is 78.6 cm³/mol. The Bertz CT molecular complexity index is 724. The summed E-state index contributed by atoms with van der Waals surface area (Å²) in [4.78, 5) is 12.0. The van der Waals surface area contributed by atoms with Crippen molar-refractivity contribution in [3.63, 3.8) is 0 Å². The number of carbonyl (C=O) groups excluding carboxylic acids is 1. The van der Waals surface area contributed by atoms with Crippen molar-refractivity contribution in [1.82, 2.24) is 0 Å². The van der Waals surface area contributed by atoms with Crippen molar-refractivity contribution < 1.29 is 21.6 Å². The molecule has 7 heteroatoms. The van der Waals surface area contributed by atoms with E-state index in [-0.39, 0.29) is 21.5 Å². The Kier molecular flexibility index (Phi) is 4.53. The molecule has 1 fully saturated rings. The van der Waals surface area contributed by atoms with Crippen LogP contribution in [0, 0.1) is 5.92 Å². The fourth-order valence-electron chi connectivity index (χ4n) is 2.53. The maximum atomic E-state index is 12.2. The third kappa shape index (κ3) is 3.91. The molecule has 116 valence electrons. The first-order chi connectivity index (χ1) is 9.70. The highest BCUT2D eigenvalue weighted by Gasteiger charge is 2.28. The van der Waals surface area contributed by atoms with E-state index in [1.807, 2.05) is 0 Å². The zero-order valence-electron chi connectivity index (χ0n) is 11.8. The topological polar surface area (TPSA) is 85.3 Å². The van der Waals surface area contributed by atoms with Crippen molar-refractivity contribution >= 4 is 25.5 Å². The van der Waals surface area contributed by atoms with E-state index in [4.69, 9.17) is 0 Å². The van der Waals surface area contributed by atoms with Gasteiger partial charge in [0, 0.05) is 12.2 Å². The van der Waals surface area contributed by atoms with Gasteiger partial charge in [0.25, 0.3) is 0 Å². The lowest BCUT2D eigenvalue weighted by atomic mass is 10.0. The van der Waals surface area contributed by atoms with Crippen LogP contribution in [0.15, 0.2) is 34.1 Å². The second-order valence-corrected chi connectivity index (χ2v) is 9.46. The van der Waals surface area contributed by atoms with Crippen molar-refractivity contribution in [3.8, 4) is 0 Å². The molecule has 1 saturated carbocycles. The van der Waals surface area contributed by atoms with Crippen LogP contribution in [0.4, 0.5) is 0 Å². The zero-order valence-corrected chi connectivity index (χ0v) is 13.4. The van der Waals surface area contributed by atoms with Crippen LogP contribution in [0.2, 0.25) is 0 Å². The van der Waals surface area contributed by atoms with Gasteiger partial charge in [-0.15, -0.1) is 0 Å². The van der Waals surface area contributed by atoms with E-state index < -0.39 is 25.4 Å². The molecule has 0 bridgehead atoms. The molecule has 0 spiro atoms. The minimum Gasteiger partial charge on any atom is -0.298 e. The molecule has 1 aliphatic rings. The highest BCUT2D eigenvalue weighted by molar-refractivity contribution is 7.92. The first-order valence-electron chi connectivity index (χ1n) is 6.76. The normalized spacial score (nSPS) is 17.0. The maximum Gasteiger partial charge on any atom is 0.185 e. The van der Waals surface area contributed by atoms with E-state index in [9.17, 15) is 21.6 Å². The van der Waals surface area contributed by atoms with Gasteiger partial charge in [-0.3, -0.25) is 4.79 Å². The highest BCUT2D eigenvalue weighted by Crippen LogP contribution is 2.26. The molecule has 2 rings (SSSR count). The summed E-state index contributed by atoms with van der Waals surface area (Å²) in [5.41, 5.74) is 0. The predicted octanol–water partition coefficient (Wildman–Crippen LogP) is 1.62. The Labute approximate surface area is 125 Å². The lowest BCUT2D eigenvalue weighted by Crippen LogP contribution is -2.22. The van der Waals surface area contributed by atoms with Gasteiger partial charge >= 0.3 is 0 Å². The fourth-order valence-corrected chi connectivity index (χ4v) is 4.49. The molecule has 1 aliphatic carbocycles. The number of rotatable bonds is 5. The molecule has 0 aliphatic heterocycles. The number of Topliss-reactive ketones (excluding diaryl/α,β-unsaturated/α-hetero) is 1. The third-order valence-electron chi connectivity index (χ3n) is 3.75. The van der Waals surface area contributed by atoms with Gasteiger partial charge in [-0.05, 0) is 37.1 Å². The Morgan fingerprint density at radius 3 is 1.95 bits per heavy atom. The monoisotopic (exact) mass is 330 g/mol. The van der Waals surface area contributed by atoms with E-state index in [0.717, 1.165) is 31.9 Å². The molecule has 0 heterocycles. The zero-order chi connectivity index (χ0) is 15.7. The summed E-state index contributed by atoms with van der Waals surface area (Å²) >= 11 is 0. The lowest BCUT2D eigenvalue weighted by Gasteiger charge is -2.09. The number of hydrogen-bond donors (Lipinski definition) is 0. The summed E-state index contributed by atoms with van der Waals surface area (Å²) in [6, 6.07) is 4.99. The van der Waals surface area contributed by atoms with Crippen molar-refractivity contribution in [3.05, 3.63) is 24.3 Å². The van der Waals surface area contributed by atoms with Gasteiger partial charge in [0.05, 0.1) is 9.79 Å². The number of hydrogen-bond acceptors (Lipinski definition) is 5. The summed E-state index contributed by atoms with van der Waals surface area (Å²) in [6.07, 6.45) is 4.53. The molecule has 0 amide bonds. The van der Waals surface area contributed by atoms with Crippen LogP contribution in [0.3, 0.4) is 0 Å². The van der Waals surface area contributed by atoms with Crippen LogP contribution in [-0.2, 0) is 24.5 Å². The molecule has 5 nitrogen and oxygen atoms in total. The Balaban J connectivity index is 2.17. The van der Waals surface area contributed by atoms with E-state index in [1.54, 1.807) is 0 Å². The molecular weight excluding hydrogens is 312 g/mol. The van der Waals surface area contributed by atoms with Gasteiger partial charge < -0.3 is 0 Å². The van der Waals surface area contributed by atoms with Crippen molar-refractivity contribution in [1.29, 1.82) is 0 Å². The summed E-state index contributed by atoms with van der Waals surface area (Å²) in [5.74, 6) is -0.884. The molecule has 1 aromatic rings. The quantitative estimate of drug-likeness (QED) is 0.819. The van der Waals surface area contributed by atoms with Crippen LogP contribution in [-0.4, -0.2) is 34.6 Å². The van der Waals surface area contributed by atoms with Gasteiger partial charge in [-0.1, -0.05) is 12.8 Å². The summed E-state index contributed by atoms with van der Waals surface area (Å²) in [6.45, 7) is 0. The van der Waals surface area contributed by atoms with E-state index in [0.29, 0.717) is 0 Å². The molecule has 0 radical (unpaired) electrons. The molecule has 0 N–H and O–H groups in total. The van der Waals surface area contributed by atoms with Gasteiger partial charge in [0.15, 0.2) is 25.5 Å². The summed E-state index contributed by atoms with van der Waals surface area (Å²) < 4.78 is 47.1. The van der Waals surface area contributed by atoms with Gasteiger partial charge in [0.1, 0.15) is 5.75 Å². The summed E-state index contributed by atoms with van der Waals surface area (Å²) in [7, 11) is -7.07. The molecule has 0 unspecified atom stereocenters. The molecule has 0 atom stereocenters. The summed E-state index contributed by atoms with van der Waals surface area (Å²) in [5, 5.41) is 0. The number of sulfone groups is 2. The largest absolute Gasteiger partial charge is 0.298 e. The minimum atomic E-state index is -3.70. The van der Waals surface area contributed by atoms with Crippen LogP contribution in [0.1, 0.15) is 25.7 Å². The number of ketones is 1. The Morgan fingerprint density at radius 2 is 1.48 bits per heavy atom. The second-order valence-electron chi connectivity index (χ2n) is 5.45. The average Bonchev–Trinajstić information content (AvgIpc) is 2.91. The first kappa shape index (κ1) is 16.2. The lowest BCUT2D eigenvalue weighted by molar-refractivity contribution is -0.120. The molecule has 0 saturated heterocycles. The van der Waals surface area contributed by atoms with E-state index in [1.165, 1.54) is 24.3 Å². The van der Waals surface area contributed by atoms with Gasteiger partial charge in [-0.2, -0.15) is 0 Å². The Morgan fingerprint density at radius 1 is 1.00 bits per heavy atom. The standard InChI is InChI=1S/C14H18O5S2/c1-20(16,17)12-6-8-13(9-7-12)21(18,19)10-14(15)11-4-2-3-5-11/h6-9,11H,2-5,10H2,1H3. The number of carbonyl (C=O) groups is 1. The van der Waals surface area contributed by atoms with Crippen LogP contribution >= 0.6 is 0 Å². The van der Waals surface area contributed by atoms with Crippen LogP contribution in [0.5, 0.6) is 0 Å². The van der Waals surface area contributed by atoms with Crippen molar-refractivity contribution in [2.24, 2.45) is 5.92 Å². The van der Waals surface area contributed by atoms with Crippen LogP contribution < -0.4 is 0 Å². The highest BCUT2D eigenvalue weighted by atomic mass is 32.2. The van der Waals surface area contributed by atoms with Crippen LogP contribution in [0.25, 0.3) is 0 Å². The minimum absolute atomic E-state index is 0.0127. The average molecular weight is 330 g/mol. The second kappa shape index (κ2) is 5.88. The first-order valence-corrected chi connectivity index (χ1v) is 10.3. The molecule has 21 heavy (non-hydrogen) atoms. The van der Waals surface area contributed by atoms with Gasteiger partial charge in [0.2, 0.25) is 0 Å². The third-order valence-corrected chi connectivity index (χ3v) is 6.54. The Hall–Kier alpha value is -1.21. The molecule has 0 aromatic heterocycles. The van der Waals surface area contributed by atoms with E-state index >= 15 is 0 Å². The maximum absolute atomic E-state index is 12.2. The van der Waals surface area contributed by atoms with E-state index in [2.05, 4.69) is 0 Å². The number of benzene rings is 1. The van der Waals surface area contributed by atoms with Gasteiger partial charge in [-0.25, -0.2) is 16.8 Å². The molecule has 1 aromatic carbocycles. The SMILES string of the molecule is CS(=O)(=O)c1ccc(S(=O)(=O)CC(=O)C2CCCC2)cc1. The van der Waals surface area contributed by atoms with Crippen molar-refractivity contribution in [2.45, 2.75) is 35.5 Å². The smallest absolute Gasteiger partial charge is 0.185 e. The fraction of sp³-hybridized carbons (Fsp3) is 0.500.